The number of halogens is 2. The van der Waals surface area contributed by atoms with Gasteiger partial charge in [0.2, 0.25) is 0 Å². The van der Waals surface area contributed by atoms with E-state index in [2.05, 4.69) is 5.32 Å². The molecule has 5 heteroatoms. The number of benzene rings is 1. The lowest BCUT2D eigenvalue weighted by Gasteiger charge is -2.08. The Morgan fingerprint density at radius 2 is 1.75 bits per heavy atom. The maximum Gasteiger partial charge on any atom is 0.0701 e. The molecular weight excluding hydrogens is 249 g/mol. The molecule has 0 radical (unpaired) electrons. The Labute approximate surface area is 106 Å². The largest absolute Gasteiger partial charge is 0.383 e. The number of nitrogens with one attached hydrogen (secondary N) is 1. The fourth-order valence-corrected chi connectivity index (χ4v) is 1.69. The van der Waals surface area contributed by atoms with Crippen LogP contribution >= 0.6 is 23.2 Å². The van der Waals surface area contributed by atoms with Crippen LogP contribution in [0.15, 0.2) is 18.2 Å². The van der Waals surface area contributed by atoms with E-state index < -0.39 is 0 Å². The lowest BCUT2D eigenvalue weighted by atomic mass is 10.3. The van der Waals surface area contributed by atoms with E-state index in [0.29, 0.717) is 36.4 Å². The summed E-state index contributed by atoms with van der Waals surface area (Å²) >= 11 is 11.7. The second-order valence-corrected chi connectivity index (χ2v) is 4.06. The van der Waals surface area contributed by atoms with Gasteiger partial charge in [-0.2, -0.15) is 0 Å². The van der Waals surface area contributed by atoms with Gasteiger partial charge in [-0.25, -0.2) is 0 Å². The first-order valence-corrected chi connectivity index (χ1v) is 5.74. The summed E-state index contributed by atoms with van der Waals surface area (Å²) in [6.07, 6.45) is 0. The quantitative estimate of drug-likeness (QED) is 0.768. The van der Waals surface area contributed by atoms with Gasteiger partial charge < -0.3 is 14.8 Å². The third-order valence-electron chi connectivity index (χ3n) is 1.87. The zero-order valence-electron chi connectivity index (χ0n) is 9.13. The normalized spacial score (nSPS) is 10.4. The Kier molecular flexibility index (Phi) is 6.57. The van der Waals surface area contributed by atoms with Crippen molar-refractivity contribution in [1.29, 1.82) is 0 Å². The molecule has 0 bridgehead atoms. The topological polar surface area (TPSA) is 30.5 Å². The highest BCUT2D eigenvalue weighted by atomic mass is 35.5. The maximum absolute atomic E-state index is 5.86. The fraction of sp³-hybridized carbons (Fsp3) is 0.455. The Hall–Kier alpha value is -0.480. The predicted molar refractivity (Wildman–Crippen MR) is 67.6 cm³/mol. The third-order valence-corrected chi connectivity index (χ3v) is 2.31. The van der Waals surface area contributed by atoms with Crippen LogP contribution in [0.2, 0.25) is 10.0 Å². The summed E-state index contributed by atoms with van der Waals surface area (Å²) in [7, 11) is 1.65. The molecule has 1 aromatic rings. The first-order chi connectivity index (χ1) is 7.72. The molecule has 16 heavy (non-hydrogen) atoms. The number of rotatable bonds is 7. The molecule has 0 heterocycles. The van der Waals surface area contributed by atoms with Gasteiger partial charge in [-0.05, 0) is 18.2 Å². The van der Waals surface area contributed by atoms with Gasteiger partial charge >= 0.3 is 0 Å². The van der Waals surface area contributed by atoms with E-state index in [1.807, 2.05) is 12.1 Å². The summed E-state index contributed by atoms with van der Waals surface area (Å²) in [6, 6.07) is 5.34. The van der Waals surface area contributed by atoms with Crippen molar-refractivity contribution in [2.75, 3.05) is 38.8 Å². The smallest absolute Gasteiger partial charge is 0.0701 e. The van der Waals surface area contributed by atoms with E-state index in [-0.39, 0.29) is 0 Å². The van der Waals surface area contributed by atoms with Crippen molar-refractivity contribution in [2.24, 2.45) is 0 Å². The molecule has 0 saturated heterocycles. The maximum atomic E-state index is 5.86. The van der Waals surface area contributed by atoms with E-state index in [1.165, 1.54) is 0 Å². The fourth-order valence-electron chi connectivity index (χ4n) is 1.17. The number of methoxy groups -OCH3 is 1. The van der Waals surface area contributed by atoms with Crippen molar-refractivity contribution in [2.45, 2.75) is 0 Å². The lowest BCUT2D eigenvalue weighted by Crippen LogP contribution is -2.11. The van der Waals surface area contributed by atoms with Crippen LogP contribution in [0.25, 0.3) is 0 Å². The molecule has 0 aliphatic rings. The molecule has 0 aromatic heterocycles. The Balaban J connectivity index is 2.21. The number of hydrogen-bond acceptors (Lipinski definition) is 3. The van der Waals surface area contributed by atoms with Gasteiger partial charge in [0.15, 0.2) is 0 Å². The Bertz CT molecular complexity index is 301. The number of hydrogen-bond donors (Lipinski definition) is 1. The lowest BCUT2D eigenvalue weighted by molar-refractivity contribution is 0.0759. The van der Waals surface area contributed by atoms with Crippen LogP contribution in [0.4, 0.5) is 5.69 Å². The molecule has 1 aromatic carbocycles. The number of anilines is 1. The molecule has 0 aliphatic carbocycles. The summed E-state index contributed by atoms with van der Waals surface area (Å²) in [6.45, 7) is 2.55. The summed E-state index contributed by atoms with van der Waals surface area (Å²) in [5, 5.41) is 4.41. The van der Waals surface area contributed by atoms with Crippen LogP contribution in [0, 0.1) is 0 Å². The highest BCUT2D eigenvalue weighted by Crippen LogP contribution is 2.22. The van der Waals surface area contributed by atoms with E-state index in [0.717, 1.165) is 5.69 Å². The first-order valence-electron chi connectivity index (χ1n) is 4.99. The monoisotopic (exact) mass is 263 g/mol. The molecule has 0 unspecified atom stereocenters. The van der Waals surface area contributed by atoms with Gasteiger partial charge in [-0.15, -0.1) is 0 Å². The minimum absolute atomic E-state index is 0.606. The van der Waals surface area contributed by atoms with Gasteiger partial charge in [0.25, 0.3) is 0 Å². The molecule has 0 spiro atoms. The molecule has 1 rings (SSSR count). The zero-order chi connectivity index (χ0) is 11.8. The summed E-state index contributed by atoms with van der Waals surface area (Å²) in [5.41, 5.74) is 0.896. The highest BCUT2D eigenvalue weighted by Gasteiger charge is 1.97. The van der Waals surface area contributed by atoms with Crippen LogP contribution < -0.4 is 5.32 Å². The molecule has 0 saturated carbocycles. The van der Waals surface area contributed by atoms with Crippen molar-refractivity contribution in [3.8, 4) is 0 Å². The second-order valence-electron chi connectivity index (χ2n) is 3.19. The van der Waals surface area contributed by atoms with E-state index >= 15 is 0 Å². The van der Waals surface area contributed by atoms with Gasteiger partial charge in [-0.3, -0.25) is 0 Å². The molecule has 90 valence electrons. The van der Waals surface area contributed by atoms with Crippen LogP contribution in [0.3, 0.4) is 0 Å². The molecule has 3 nitrogen and oxygen atoms in total. The van der Waals surface area contributed by atoms with Crippen molar-refractivity contribution in [1.82, 2.24) is 0 Å². The van der Waals surface area contributed by atoms with E-state index in [9.17, 15) is 0 Å². The highest BCUT2D eigenvalue weighted by molar-refractivity contribution is 6.35. The standard InChI is InChI=1S/C11H15Cl2NO2/c1-15-4-5-16-3-2-14-11-7-9(12)6-10(13)8-11/h6-8,14H,2-5H2,1H3. The van der Waals surface area contributed by atoms with Crippen molar-refractivity contribution >= 4 is 28.9 Å². The summed E-state index contributed by atoms with van der Waals surface area (Å²) in [4.78, 5) is 0. The van der Waals surface area contributed by atoms with E-state index in [4.69, 9.17) is 32.7 Å². The minimum atomic E-state index is 0.606. The number of ether oxygens (including phenoxy) is 2. The molecule has 1 N–H and O–H groups in total. The van der Waals surface area contributed by atoms with Crippen LogP contribution in [0.5, 0.6) is 0 Å². The SMILES string of the molecule is COCCOCCNc1cc(Cl)cc(Cl)c1. The molecule has 0 aliphatic heterocycles. The zero-order valence-corrected chi connectivity index (χ0v) is 10.6. The minimum Gasteiger partial charge on any atom is -0.383 e. The van der Waals surface area contributed by atoms with Crippen LogP contribution in [-0.4, -0.2) is 33.5 Å². The van der Waals surface area contributed by atoms with Crippen LogP contribution in [0.1, 0.15) is 0 Å². The average molecular weight is 264 g/mol. The summed E-state index contributed by atoms with van der Waals surface area (Å²) in [5.74, 6) is 0. The van der Waals surface area contributed by atoms with Gasteiger partial charge in [0.1, 0.15) is 0 Å². The van der Waals surface area contributed by atoms with Gasteiger partial charge in [-0.1, -0.05) is 23.2 Å². The van der Waals surface area contributed by atoms with Crippen molar-refractivity contribution in [3.05, 3.63) is 28.2 Å². The Morgan fingerprint density at radius 3 is 2.38 bits per heavy atom. The molecule has 0 amide bonds. The predicted octanol–water partition coefficient (Wildman–Crippen LogP) is 3.07. The average Bonchev–Trinajstić information content (AvgIpc) is 2.22. The summed E-state index contributed by atoms with van der Waals surface area (Å²) < 4.78 is 10.2. The first kappa shape index (κ1) is 13.6. The third kappa shape index (κ3) is 5.56. The molecular formula is C11H15Cl2NO2. The van der Waals surface area contributed by atoms with E-state index in [1.54, 1.807) is 13.2 Å². The Morgan fingerprint density at radius 1 is 1.06 bits per heavy atom. The second kappa shape index (κ2) is 7.74. The van der Waals surface area contributed by atoms with Crippen molar-refractivity contribution < 1.29 is 9.47 Å². The van der Waals surface area contributed by atoms with Gasteiger partial charge in [0.05, 0.1) is 19.8 Å². The van der Waals surface area contributed by atoms with Crippen LogP contribution in [-0.2, 0) is 9.47 Å². The molecule has 0 fully saturated rings. The van der Waals surface area contributed by atoms with Gasteiger partial charge in [0, 0.05) is 29.4 Å². The molecule has 0 atom stereocenters. The van der Waals surface area contributed by atoms with Crippen molar-refractivity contribution in [3.63, 3.8) is 0 Å².